The van der Waals surface area contributed by atoms with E-state index in [0.717, 1.165) is 22.1 Å². The summed E-state index contributed by atoms with van der Waals surface area (Å²) in [4.78, 5) is 0. The molecule has 102 valence electrons. The molecule has 0 spiro atoms. The third kappa shape index (κ3) is 2.69. The van der Waals surface area contributed by atoms with E-state index in [-0.39, 0.29) is 6.04 Å². The molecule has 1 unspecified atom stereocenters. The van der Waals surface area contributed by atoms with Gasteiger partial charge in [-0.2, -0.15) is 0 Å². The van der Waals surface area contributed by atoms with Gasteiger partial charge in [0, 0.05) is 18.0 Å². The quantitative estimate of drug-likeness (QED) is 0.748. The number of thioether (sulfide) groups is 1. The van der Waals surface area contributed by atoms with Gasteiger partial charge in [0.15, 0.2) is 10.8 Å². The maximum Gasteiger partial charge on any atom is 0.195 e. The average molecular weight is 284 g/mol. The molecule has 0 amide bonds. The number of fused-ring (bicyclic) bond motifs is 1. The summed E-state index contributed by atoms with van der Waals surface area (Å²) in [7, 11) is 0. The van der Waals surface area contributed by atoms with Gasteiger partial charge >= 0.3 is 0 Å². The van der Waals surface area contributed by atoms with Crippen molar-refractivity contribution < 1.29 is 0 Å². The van der Waals surface area contributed by atoms with E-state index in [1.54, 1.807) is 11.8 Å². The van der Waals surface area contributed by atoms with Gasteiger partial charge in [-0.05, 0) is 24.6 Å². The highest BCUT2D eigenvalue weighted by Crippen LogP contribution is 2.22. The Labute approximate surface area is 122 Å². The molecule has 1 aromatic carbocycles. The predicted molar refractivity (Wildman–Crippen MR) is 81.8 cm³/mol. The van der Waals surface area contributed by atoms with E-state index in [9.17, 15) is 0 Å². The van der Waals surface area contributed by atoms with Gasteiger partial charge in [-0.25, -0.2) is 0 Å². The Morgan fingerprint density at radius 1 is 1.15 bits per heavy atom. The van der Waals surface area contributed by atoms with Crippen LogP contribution in [0.1, 0.15) is 17.2 Å². The zero-order valence-corrected chi connectivity index (χ0v) is 12.0. The van der Waals surface area contributed by atoms with Crippen LogP contribution in [-0.4, -0.2) is 20.4 Å². The zero-order valence-electron chi connectivity index (χ0n) is 11.2. The van der Waals surface area contributed by atoms with Crippen molar-refractivity contribution in [3.05, 3.63) is 59.8 Å². The molecule has 0 aliphatic rings. The van der Waals surface area contributed by atoms with E-state index in [2.05, 4.69) is 41.4 Å². The van der Waals surface area contributed by atoms with Gasteiger partial charge < -0.3 is 5.73 Å². The van der Waals surface area contributed by atoms with Crippen LogP contribution in [0.15, 0.2) is 53.8 Å². The molecule has 0 aliphatic heterocycles. The largest absolute Gasteiger partial charge is 0.323 e. The smallest absolute Gasteiger partial charge is 0.195 e. The standard InChI is InChI=1S/C15H16N4S/c1-11-5-7-12(8-6-11)13(16)10-20-15-18-17-14-4-2-3-9-19(14)15/h2-9,13H,10,16H2,1H3. The minimum Gasteiger partial charge on any atom is -0.323 e. The molecule has 5 heteroatoms. The lowest BCUT2D eigenvalue weighted by atomic mass is 10.1. The number of rotatable bonds is 4. The van der Waals surface area contributed by atoms with E-state index in [4.69, 9.17) is 5.73 Å². The number of nitrogens with zero attached hydrogens (tertiary/aromatic N) is 3. The summed E-state index contributed by atoms with van der Waals surface area (Å²) in [6.45, 7) is 2.08. The molecule has 1 atom stereocenters. The first-order valence-electron chi connectivity index (χ1n) is 6.49. The molecule has 4 nitrogen and oxygen atoms in total. The van der Waals surface area contributed by atoms with E-state index in [1.165, 1.54) is 5.56 Å². The van der Waals surface area contributed by atoms with Crippen LogP contribution in [0.4, 0.5) is 0 Å². The van der Waals surface area contributed by atoms with Crippen molar-refractivity contribution in [1.29, 1.82) is 0 Å². The maximum atomic E-state index is 6.23. The van der Waals surface area contributed by atoms with Crippen molar-refractivity contribution in [2.75, 3.05) is 5.75 Å². The number of aryl methyl sites for hydroxylation is 1. The van der Waals surface area contributed by atoms with E-state index in [1.807, 2.05) is 28.8 Å². The van der Waals surface area contributed by atoms with Gasteiger partial charge in [0.25, 0.3) is 0 Å². The van der Waals surface area contributed by atoms with Crippen LogP contribution in [0.25, 0.3) is 5.65 Å². The highest BCUT2D eigenvalue weighted by atomic mass is 32.2. The second kappa shape index (κ2) is 5.64. The summed E-state index contributed by atoms with van der Waals surface area (Å²) in [5.74, 6) is 0.777. The topological polar surface area (TPSA) is 56.2 Å². The molecule has 2 heterocycles. The minimum atomic E-state index is -0.00309. The van der Waals surface area contributed by atoms with Crippen molar-refractivity contribution in [1.82, 2.24) is 14.6 Å². The number of pyridine rings is 1. The fraction of sp³-hybridized carbons (Fsp3) is 0.200. The number of hydrogen-bond acceptors (Lipinski definition) is 4. The van der Waals surface area contributed by atoms with E-state index < -0.39 is 0 Å². The van der Waals surface area contributed by atoms with Crippen molar-refractivity contribution in [2.24, 2.45) is 5.73 Å². The maximum absolute atomic E-state index is 6.23. The van der Waals surface area contributed by atoms with Gasteiger partial charge in [0.2, 0.25) is 0 Å². The van der Waals surface area contributed by atoms with Crippen molar-refractivity contribution in [3.63, 3.8) is 0 Å². The fourth-order valence-corrected chi connectivity index (χ4v) is 2.91. The molecule has 3 aromatic rings. The van der Waals surface area contributed by atoms with Gasteiger partial charge in [-0.1, -0.05) is 47.7 Å². The number of benzene rings is 1. The third-order valence-corrected chi connectivity index (χ3v) is 4.24. The first-order chi connectivity index (χ1) is 9.74. The zero-order chi connectivity index (χ0) is 13.9. The first-order valence-corrected chi connectivity index (χ1v) is 7.47. The summed E-state index contributed by atoms with van der Waals surface area (Å²) >= 11 is 1.63. The highest BCUT2D eigenvalue weighted by Gasteiger charge is 2.10. The Bertz CT molecular complexity index is 705. The Kier molecular flexibility index (Phi) is 3.71. The molecule has 0 bridgehead atoms. The predicted octanol–water partition coefficient (Wildman–Crippen LogP) is 2.83. The second-order valence-corrected chi connectivity index (χ2v) is 5.73. The lowest BCUT2D eigenvalue weighted by Crippen LogP contribution is -2.13. The molecule has 2 aromatic heterocycles. The van der Waals surface area contributed by atoms with E-state index >= 15 is 0 Å². The van der Waals surface area contributed by atoms with Gasteiger partial charge in [-0.3, -0.25) is 4.40 Å². The van der Waals surface area contributed by atoms with Gasteiger partial charge in [0.05, 0.1) is 0 Å². The Morgan fingerprint density at radius 2 is 1.95 bits per heavy atom. The Morgan fingerprint density at radius 3 is 2.75 bits per heavy atom. The number of hydrogen-bond donors (Lipinski definition) is 1. The fourth-order valence-electron chi connectivity index (χ4n) is 1.99. The minimum absolute atomic E-state index is 0.00309. The summed E-state index contributed by atoms with van der Waals surface area (Å²) in [5.41, 5.74) is 9.48. The molecule has 0 fully saturated rings. The third-order valence-electron chi connectivity index (χ3n) is 3.18. The van der Waals surface area contributed by atoms with Crippen LogP contribution in [0, 0.1) is 6.92 Å². The van der Waals surface area contributed by atoms with Crippen LogP contribution in [0.2, 0.25) is 0 Å². The second-order valence-electron chi connectivity index (χ2n) is 4.74. The van der Waals surface area contributed by atoms with Crippen LogP contribution in [0.5, 0.6) is 0 Å². The van der Waals surface area contributed by atoms with Crippen LogP contribution >= 0.6 is 11.8 Å². The number of aromatic nitrogens is 3. The highest BCUT2D eigenvalue weighted by molar-refractivity contribution is 7.99. The molecule has 0 saturated carbocycles. The Hall–Kier alpha value is -1.85. The van der Waals surface area contributed by atoms with E-state index in [0.29, 0.717) is 0 Å². The summed E-state index contributed by atoms with van der Waals surface area (Å²) in [6.07, 6.45) is 1.97. The monoisotopic (exact) mass is 284 g/mol. The molecular weight excluding hydrogens is 268 g/mol. The molecule has 20 heavy (non-hydrogen) atoms. The summed E-state index contributed by atoms with van der Waals surface area (Å²) < 4.78 is 1.98. The normalized spacial score (nSPS) is 12.7. The van der Waals surface area contributed by atoms with Crippen LogP contribution in [0.3, 0.4) is 0 Å². The van der Waals surface area contributed by atoms with Gasteiger partial charge in [0.1, 0.15) is 0 Å². The van der Waals surface area contributed by atoms with Crippen molar-refractivity contribution >= 4 is 17.4 Å². The lowest BCUT2D eigenvalue weighted by molar-refractivity contribution is 0.823. The molecule has 0 saturated heterocycles. The van der Waals surface area contributed by atoms with Crippen molar-refractivity contribution in [3.8, 4) is 0 Å². The summed E-state index contributed by atoms with van der Waals surface area (Å²) in [6, 6.07) is 14.2. The molecule has 0 radical (unpaired) electrons. The van der Waals surface area contributed by atoms with Crippen molar-refractivity contribution in [2.45, 2.75) is 18.1 Å². The van der Waals surface area contributed by atoms with Crippen LogP contribution < -0.4 is 5.73 Å². The SMILES string of the molecule is Cc1ccc(C(N)CSc2nnc3ccccn23)cc1. The summed E-state index contributed by atoms with van der Waals surface area (Å²) in [5, 5.41) is 9.21. The molecule has 0 aliphatic carbocycles. The number of nitrogens with two attached hydrogens (primary N) is 1. The molecule has 2 N–H and O–H groups in total. The lowest BCUT2D eigenvalue weighted by Gasteiger charge is -2.11. The molecule has 3 rings (SSSR count). The first kappa shape index (κ1) is 13.1. The Balaban J connectivity index is 1.71. The van der Waals surface area contributed by atoms with Crippen LogP contribution in [-0.2, 0) is 0 Å². The average Bonchev–Trinajstić information content (AvgIpc) is 2.89. The molecular formula is C15H16N4S. The van der Waals surface area contributed by atoms with Gasteiger partial charge in [-0.15, -0.1) is 10.2 Å².